The second-order valence-electron chi connectivity index (χ2n) is 6.74. The van der Waals surface area contributed by atoms with Crippen molar-refractivity contribution in [2.45, 2.75) is 6.92 Å². The first-order valence-corrected chi connectivity index (χ1v) is 9.33. The van der Waals surface area contributed by atoms with Crippen LogP contribution in [0.2, 0.25) is 0 Å². The monoisotopic (exact) mass is 396 g/mol. The van der Waals surface area contributed by atoms with Crippen LogP contribution in [0.4, 0.5) is 5.69 Å². The fourth-order valence-corrected chi connectivity index (χ4v) is 3.17. The molecule has 2 aromatic carbocycles. The smallest absolute Gasteiger partial charge is 0.255 e. The van der Waals surface area contributed by atoms with E-state index in [1.165, 1.54) is 6.26 Å². The molecule has 7 heteroatoms. The number of amides is 1. The van der Waals surface area contributed by atoms with E-state index in [0.29, 0.717) is 39.5 Å². The van der Waals surface area contributed by atoms with Gasteiger partial charge in [-0.1, -0.05) is 23.4 Å². The Balaban J connectivity index is 1.49. The third-order valence-corrected chi connectivity index (χ3v) is 4.75. The zero-order valence-electron chi connectivity index (χ0n) is 16.0. The van der Waals surface area contributed by atoms with Crippen LogP contribution >= 0.6 is 0 Å². The van der Waals surface area contributed by atoms with Crippen LogP contribution in [0.5, 0.6) is 0 Å². The molecule has 0 bridgehead atoms. The van der Waals surface area contributed by atoms with Crippen LogP contribution in [0.1, 0.15) is 16.1 Å². The molecule has 0 aliphatic carbocycles. The van der Waals surface area contributed by atoms with E-state index in [9.17, 15) is 4.79 Å². The van der Waals surface area contributed by atoms with Crippen LogP contribution in [0.15, 0.2) is 82.1 Å². The molecule has 146 valence electrons. The maximum atomic E-state index is 12.7. The lowest BCUT2D eigenvalue weighted by atomic mass is 10.1. The molecule has 1 N–H and O–H groups in total. The number of hydrogen-bond acceptors (Lipinski definition) is 6. The van der Waals surface area contributed by atoms with Gasteiger partial charge in [0.15, 0.2) is 5.58 Å². The molecule has 0 fully saturated rings. The summed E-state index contributed by atoms with van der Waals surface area (Å²) in [6.07, 6.45) is 3.22. The first kappa shape index (κ1) is 17.8. The van der Waals surface area contributed by atoms with Crippen molar-refractivity contribution in [3.05, 3.63) is 84.4 Å². The molecular weight excluding hydrogens is 380 g/mol. The molecular formula is C23H16N4O3. The zero-order valence-corrected chi connectivity index (χ0v) is 16.0. The van der Waals surface area contributed by atoms with Crippen LogP contribution in [-0.4, -0.2) is 21.0 Å². The van der Waals surface area contributed by atoms with Gasteiger partial charge in [-0.05, 0) is 49.4 Å². The first-order valence-electron chi connectivity index (χ1n) is 9.33. The summed E-state index contributed by atoms with van der Waals surface area (Å²) in [5.74, 6) is 0.243. The summed E-state index contributed by atoms with van der Waals surface area (Å²) in [6.45, 7) is 1.84. The summed E-state index contributed by atoms with van der Waals surface area (Å²) < 4.78 is 11.0. The quantitative estimate of drug-likeness (QED) is 0.454. The zero-order chi connectivity index (χ0) is 20.5. The normalized spacial score (nSPS) is 11.0. The van der Waals surface area contributed by atoms with Crippen LogP contribution in [0.3, 0.4) is 0 Å². The highest BCUT2D eigenvalue weighted by molar-refractivity contribution is 6.07. The van der Waals surface area contributed by atoms with E-state index in [1.54, 1.807) is 30.5 Å². The van der Waals surface area contributed by atoms with Crippen LogP contribution in [0, 0.1) is 6.92 Å². The van der Waals surface area contributed by atoms with Gasteiger partial charge in [0.2, 0.25) is 5.89 Å². The Hall–Kier alpha value is -4.26. The molecule has 1 amide bonds. The van der Waals surface area contributed by atoms with Crippen molar-refractivity contribution in [3.63, 3.8) is 0 Å². The number of hydrogen-bond donors (Lipinski definition) is 1. The molecule has 0 aliphatic heterocycles. The summed E-state index contributed by atoms with van der Waals surface area (Å²) in [7, 11) is 0. The molecule has 5 rings (SSSR count). The fraction of sp³-hybridized carbons (Fsp3) is 0.0435. The van der Waals surface area contributed by atoms with Crippen molar-refractivity contribution in [2.75, 3.05) is 5.32 Å². The van der Waals surface area contributed by atoms with Crippen molar-refractivity contribution < 1.29 is 13.7 Å². The Kier molecular flexibility index (Phi) is 4.33. The average molecular weight is 396 g/mol. The van der Waals surface area contributed by atoms with Crippen LogP contribution < -0.4 is 5.32 Å². The lowest BCUT2D eigenvalue weighted by Gasteiger charge is -2.07. The second kappa shape index (κ2) is 7.29. The fourth-order valence-electron chi connectivity index (χ4n) is 3.17. The number of anilines is 1. The van der Waals surface area contributed by atoms with E-state index < -0.39 is 0 Å². The highest BCUT2D eigenvalue weighted by Crippen LogP contribution is 2.30. The van der Waals surface area contributed by atoms with Gasteiger partial charge >= 0.3 is 0 Å². The van der Waals surface area contributed by atoms with Gasteiger partial charge in [-0.2, -0.15) is 0 Å². The standard InChI is InChI=1S/C23H16N4O3/c1-14-18(8-5-11-24-14)25-22(28)16-9-10-20-17(12-16)21(27-30-20)19-13-29-23(26-19)15-6-3-2-4-7-15/h2-13H,1H3,(H,25,28). The first-order chi connectivity index (χ1) is 14.7. The molecule has 0 saturated heterocycles. The van der Waals surface area contributed by atoms with E-state index in [1.807, 2.05) is 43.3 Å². The summed E-state index contributed by atoms with van der Waals surface area (Å²) in [6, 6.07) is 18.3. The predicted molar refractivity (Wildman–Crippen MR) is 112 cm³/mol. The van der Waals surface area contributed by atoms with Crippen molar-refractivity contribution in [3.8, 4) is 22.8 Å². The number of benzene rings is 2. The molecule has 3 aromatic heterocycles. The largest absolute Gasteiger partial charge is 0.444 e. The van der Waals surface area contributed by atoms with Gasteiger partial charge in [0.05, 0.1) is 16.8 Å². The van der Waals surface area contributed by atoms with Gasteiger partial charge in [0, 0.05) is 17.3 Å². The molecule has 0 spiro atoms. The van der Waals surface area contributed by atoms with E-state index >= 15 is 0 Å². The molecule has 0 aliphatic rings. The molecule has 0 unspecified atom stereocenters. The number of nitrogens with zero attached hydrogens (tertiary/aromatic N) is 3. The van der Waals surface area contributed by atoms with E-state index in [4.69, 9.17) is 8.94 Å². The minimum absolute atomic E-state index is 0.245. The van der Waals surface area contributed by atoms with Crippen molar-refractivity contribution in [2.24, 2.45) is 0 Å². The summed E-state index contributed by atoms with van der Waals surface area (Å²) in [4.78, 5) is 21.5. The minimum atomic E-state index is -0.245. The molecule has 3 heterocycles. The van der Waals surface area contributed by atoms with Crippen molar-refractivity contribution in [1.82, 2.24) is 15.1 Å². The Morgan fingerprint density at radius 2 is 1.90 bits per heavy atom. The number of aryl methyl sites for hydroxylation is 1. The molecule has 30 heavy (non-hydrogen) atoms. The number of carbonyl (C=O) groups excluding carboxylic acids is 1. The number of rotatable bonds is 4. The maximum Gasteiger partial charge on any atom is 0.255 e. The van der Waals surface area contributed by atoms with Gasteiger partial charge in [-0.15, -0.1) is 0 Å². The molecule has 5 aromatic rings. The maximum absolute atomic E-state index is 12.7. The Bertz CT molecular complexity index is 1360. The lowest BCUT2D eigenvalue weighted by molar-refractivity contribution is 0.102. The van der Waals surface area contributed by atoms with Crippen LogP contribution in [0.25, 0.3) is 33.8 Å². The number of oxazole rings is 1. The van der Waals surface area contributed by atoms with Crippen LogP contribution in [-0.2, 0) is 0 Å². The SMILES string of the molecule is Cc1ncccc1NC(=O)c1ccc2onc(-c3coc(-c4ccccc4)n3)c2c1. The molecule has 0 radical (unpaired) electrons. The summed E-state index contributed by atoms with van der Waals surface area (Å²) in [5, 5.41) is 7.69. The number of pyridine rings is 1. The van der Waals surface area contributed by atoms with Gasteiger partial charge in [-0.25, -0.2) is 4.98 Å². The molecule has 7 nitrogen and oxygen atoms in total. The number of nitrogens with one attached hydrogen (secondary N) is 1. The minimum Gasteiger partial charge on any atom is -0.444 e. The average Bonchev–Trinajstić information content (AvgIpc) is 3.42. The Morgan fingerprint density at radius 3 is 2.73 bits per heavy atom. The number of aromatic nitrogens is 3. The number of carbonyl (C=O) groups is 1. The molecule has 0 saturated carbocycles. The highest BCUT2D eigenvalue weighted by Gasteiger charge is 2.18. The van der Waals surface area contributed by atoms with Gasteiger partial charge in [0.1, 0.15) is 17.7 Å². The van der Waals surface area contributed by atoms with E-state index in [-0.39, 0.29) is 5.91 Å². The molecule has 0 atom stereocenters. The predicted octanol–water partition coefficient (Wildman–Crippen LogP) is 5.11. The summed E-state index contributed by atoms with van der Waals surface area (Å²) in [5.41, 5.74) is 4.36. The second-order valence-corrected chi connectivity index (χ2v) is 6.74. The van der Waals surface area contributed by atoms with Gasteiger partial charge < -0.3 is 14.3 Å². The third kappa shape index (κ3) is 3.22. The summed E-state index contributed by atoms with van der Waals surface area (Å²) >= 11 is 0. The van der Waals surface area contributed by atoms with E-state index in [0.717, 1.165) is 11.3 Å². The lowest BCUT2D eigenvalue weighted by Crippen LogP contribution is -2.13. The highest BCUT2D eigenvalue weighted by atomic mass is 16.5. The van der Waals surface area contributed by atoms with Crippen molar-refractivity contribution in [1.29, 1.82) is 0 Å². The van der Waals surface area contributed by atoms with Gasteiger partial charge in [0.25, 0.3) is 5.91 Å². The van der Waals surface area contributed by atoms with E-state index in [2.05, 4.69) is 20.4 Å². The topological polar surface area (TPSA) is 94.1 Å². The number of fused-ring (bicyclic) bond motifs is 1. The Morgan fingerprint density at radius 1 is 1.03 bits per heavy atom. The Labute approximate surface area is 171 Å². The van der Waals surface area contributed by atoms with Gasteiger partial charge in [-0.3, -0.25) is 9.78 Å². The van der Waals surface area contributed by atoms with Crippen molar-refractivity contribution >= 4 is 22.6 Å². The third-order valence-electron chi connectivity index (χ3n) is 4.75.